The second-order valence-corrected chi connectivity index (χ2v) is 4.72. The van der Waals surface area contributed by atoms with Crippen LogP contribution in [0.25, 0.3) is 0 Å². The van der Waals surface area contributed by atoms with Crippen LogP contribution in [0.15, 0.2) is 23.1 Å². The van der Waals surface area contributed by atoms with Crippen LogP contribution in [0.4, 0.5) is 10.1 Å². The molecular weight excluding hydrogens is 211 g/mol. The van der Waals surface area contributed by atoms with Gasteiger partial charge in [0.25, 0.3) is 0 Å². The van der Waals surface area contributed by atoms with E-state index in [4.69, 9.17) is 0 Å². The summed E-state index contributed by atoms with van der Waals surface area (Å²) in [7, 11) is 1.94. The molecule has 15 heavy (non-hydrogen) atoms. The molecule has 0 amide bonds. The molecular formula is C11H15FN2S. The van der Waals surface area contributed by atoms with Gasteiger partial charge in [-0.15, -0.1) is 11.8 Å². The Morgan fingerprint density at radius 1 is 1.60 bits per heavy atom. The molecule has 82 valence electrons. The minimum Gasteiger partial charge on any atom is -0.378 e. The van der Waals surface area contributed by atoms with Crippen LogP contribution in [0.3, 0.4) is 0 Å². The molecule has 0 saturated carbocycles. The van der Waals surface area contributed by atoms with Crippen molar-refractivity contribution in [3.63, 3.8) is 0 Å². The molecule has 0 aliphatic carbocycles. The highest BCUT2D eigenvalue weighted by atomic mass is 32.2. The molecule has 2 nitrogen and oxygen atoms in total. The summed E-state index contributed by atoms with van der Waals surface area (Å²) in [6.45, 7) is 0.960. The smallest absolute Gasteiger partial charge is 0.147 e. The predicted octanol–water partition coefficient (Wildman–Crippen LogP) is 2.32. The Hall–Kier alpha value is -0.740. The molecule has 2 N–H and O–H groups in total. The highest BCUT2D eigenvalue weighted by molar-refractivity contribution is 7.99. The molecule has 1 heterocycles. The minimum absolute atomic E-state index is 0.144. The predicted molar refractivity (Wildman–Crippen MR) is 63.1 cm³/mol. The number of thioether (sulfide) groups is 1. The van der Waals surface area contributed by atoms with Crippen molar-refractivity contribution < 1.29 is 4.39 Å². The fourth-order valence-corrected chi connectivity index (χ4v) is 2.78. The Labute approximate surface area is 93.6 Å². The van der Waals surface area contributed by atoms with Gasteiger partial charge < -0.3 is 10.6 Å². The van der Waals surface area contributed by atoms with E-state index in [1.54, 1.807) is 17.8 Å². The van der Waals surface area contributed by atoms with Crippen LogP contribution >= 0.6 is 11.8 Å². The molecule has 1 aromatic carbocycles. The molecule has 0 spiro atoms. The van der Waals surface area contributed by atoms with Crippen LogP contribution < -0.4 is 10.6 Å². The Bertz CT molecular complexity index is 343. The summed E-state index contributed by atoms with van der Waals surface area (Å²) in [6.07, 6.45) is 1.03. The van der Waals surface area contributed by atoms with E-state index in [9.17, 15) is 4.39 Å². The average molecular weight is 226 g/mol. The molecule has 1 aliphatic rings. The van der Waals surface area contributed by atoms with Crippen LogP contribution in [0.5, 0.6) is 0 Å². The molecule has 1 unspecified atom stereocenters. The van der Waals surface area contributed by atoms with E-state index in [1.165, 1.54) is 6.07 Å². The molecule has 4 heteroatoms. The van der Waals surface area contributed by atoms with E-state index in [1.807, 2.05) is 13.1 Å². The summed E-state index contributed by atoms with van der Waals surface area (Å²) in [4.78, 5) is 1.02. The zero-order chi connectivity index (χ0) is 10.7. The standard InChI is InChI=1S/C11H15FN2S/c1-13-6-5-8-7-15-10-4-2-3-9(12)11(10)14-8/h2-4,8,13-14H,5-7H2,1H3. The maximum atomic E-state index is 13.5. The van der Waals surface area contributed by atoms with Gasteiger partial charge in [-0.05, 0) is 32.1 Å². The van der Waals surface area contributed by atoms with Crippen molar-refractivity contribution in [3.05, 3.63) is 24.0 Å². The number of benzene rings is 1. The van der Waals surface area contributed by atoms with Gasteiger partial charge in [-0.2, -0.15) is 0 Å². The normalized spacial score (nSPS) is 19.5. The maximum absolute atomic E-state index is 13.5. The Morgan fingerprint density at radius 2 is 2.47 bits per heavy atom. The fraction of sp³-hybridized carbons (Fsp3) is 0.455. The Morgan fingerprint density at radius 3 is 3.27 bits per heavy atom. The van der Waals surface area contributed by atoms with E-state index in [2.05, 4.69) is 10.6 Å². The van der Waals surface area contributed by atoms with Gasteiger partial charge in [0.2, 0.25) is 0 Å². The number of rotatable bonds is 3. The van der Waals surface area contributed by atoms with Gasteiger partial charge in [-0.25, -0.2) is 4.39 Å². The molecule has 0 fully saturated rings. The molecule has 1 aliphatic heterocycles. The summed E-state index contributed by atoms with van der Waals surface area (Å²) in [5.74, 6) is 0.868. The minimum atomic E-state index is -0.144. The van der Waals surface area contributed by atoms with Gasteiger partial charge >= 0.3 is 0 Å². The summed E-state index contributed by atoms with van der Waals surface area (Å²) in [5.41, 5.74) is 0.676. The lowest BCUT2D eigenvalue weighted by molar-refractivity contribution is 0.611. The molecule has 1 atom stereocenters. The van der Waals surface area contributed by atoms with E-state index in [0.29, 0.717) is 11.7 Å². The number of halogens is 1. The zero-order valence-electron chi connectivity index (χ0n) is 8.72. The Kier molecular flexibility index (Phi) is 3.49. The third-order valence-corrected chi connectivity index (χ3v) is 3.73. The topological polar surface area (TPSA) is 24.1 Å². The van der Waals surface area contributed by atoms with E-state index < -0.39 is 0 Å². The van der Waals surface area contributed by atoms with Crippen molar-refractivity contribution in [2.24, 2.45) is 0 Å². The lowest BCUT2D eigenvalue weighted by Crippen LogP contribution is -2.29. The molecule has 0 aromatic heterocycles. The fourth-order valence-electron chi connectivity index (χ4n) is 1.67. The third-order valence-electron chi connectivity index (χ3n) is 2.51. The van der Waals surface area contributed by atoms with E-state index in [0.717, 1.165) is 23.6 Å². The van der Waals surface area contributed by atoms with Crippen molar-refractivity contribution >= 4 is 17.4 Å². The lowest BCUT2D eigenvalue weighted by Gasteiger charge is -2.26. The van der Waals surface area contributed by atoms with Gasteiger partial charge in [0.05, 0.1) is 5.69 Å². The monoisotopic (exact) mass is 226 g/mol. The van der Waals surface area contributed by atoms with E-state index in [-0.39, 0.29) is 5.82 Å². The van der Waals surface area contributed by atoms with Crippen LogP contribution in [-0.4, -0.2) is 25.4 Å². The molecule has 0 saturated heterocycles. The van der Waals surface area contributed by atoms with Crippen molar-refractivity contribution in [3.8, 4) is 0 Å². The first kappa shape index (κ1) is 10.8. The van der Waals surface area contributed by atoms with Crippen molar-refractivity contribution in [2.45, 2.75) is 17.4 Å². The maximum Gasteiger partial charge on any atom is 0.147 e. The molecule has 1 aromatic rings. The van der Waals surface area contributed by atoms with Gasteiger partial charge in [-0.1, -0.05) is 6.07 Å². The Balaban J connectivity index is 2.08. The first-order valence-electron chi connectivity index (χ1n) is 5.13. The van der Waals surface area contributed by atoms with Gasteiger partial charge in [-0.3, -0.25) is 0 Å². The largest absolute Gasteiger partial charge is 0.378 e. The quantitative estimate of drug-likeness (QED) is 0.827. The highest BCUT2D eigenvalue weighted by Gasteiger charge is 2.19. The second kappa shape index (κ2) is 4.86. The van der Waals surface area contributed by atoms with Gasteiger partial charge in [0, 0.05) is 16.7 Å². The number of hydrogen-bond donors (Lipinski definition) is 2. The number of nitrogens with one attached hydrogen (secondary N) is 2. The SMILES string of the molecule is CNCCC1CSc2cccc(F)c2N1. The summed E-state index contributed by atoms with van der Waals surface area (Å²) < 4.78 is 13.5. The average Bonchev–Trinajstić information content (AvgIpc) is 2.27. The third kappa shape index (κ3) is 2.44. The molecule has 0 radical (unpaired) electrons. The summed E-state index contributed by atoms with van der Waals surface area (Å²) in [5, 5.41) is 6.37. The number of fused-ring (bicyclic) bond motifs is 1. The first-order chi connectivity index (χ1) is 7.31. The van der Waals surface area contributed by atoms with Gasteiger partial charge in [0.15, 0.2) is 0 Å². The van der Waals surface area contributed by atoms with Crippen LogP contribution in [0.1, 0.15) is 6.42 Å². The van der Waals surface area contributed by atoms with Gasteiger partial charge in [0.1, 0.15) is 5.82 Å². The van der Waals surface area contributed by atoms with Crippen LogP contribution in [-0.2, 0) is 0 Å². The van der Waals surface area contributed by atoms with Crippen molar-refractivity contribution in [1.82, 2.24) is 5.32 Å². The van der Waals surface area contributed by atoms with Crippen LogP contribution in [0.2, 0.25) is 0 Å². The molecule has 2 rings (SSSR count). The molecule has 0 bridgehead atoms. The number of para-hydroxylation sites is 1. The van der Waals surface area contributed by atoms with Crippen LogP contribution in [0, 0.1) is 5.82 Å². The van der Waals surface area contributed by atoms with Crippen molar-refractivity contribution in [1.29, 1.82) is 0 Å². The second-order valence-electron chi connectivity index (χ2n) is 3.66. The summed E-state index contributed by atoms with van der Waals surface area (Å²) >= 11 is 1.73. The van der Waals surface area contributed by atoms with Crippen molar-refractivity contribution in [2.75, 3.05) is 24.7 Å². The highest BCUT2D eigenvalue weighted by Crippen LogP contribution is 2.35. The number of anilines is 1. The first-order valence-corrected chi connectivity index (χ1v) is 6.12. The zero-order valence-corrected chi connectivity index (χ0v) is 9.53. The van der Waals surface area contributed by atoms with E-state index >= 15 is 0 Å². The lowest BCUT2D eigenvalue weighted by atomic mass is 10.2. The number of hydrogen-bond acceptors (Lipinski definition) is 3. The summed E-state index contributed by atoms with van der Waals surface area (Å²) in [6, 6.07) is 5.60.